The Morgan fingerprint density at radius 3 is 2.61 bits per heavy atom. The maximum atomic E-state index is 6.20. The van der Waals surface area contributed by atoms with Crippen molar-refractivity contribution in [3.05, 3.63) is 76.0 Å². The van der Waals surface area contributed by atoms with Crippen LogP contribution in [0.1, 0.15) is 11.3 Å². The summed E-state index contributed by atoms with van der Waals surface area (Å²) in [6, 6.07) is 17.4. The fourth-order valence-corrected chi connectivity index (χ4v) is 2.63. The SMILES string of the molecule is Cc1cccc(NCc2ccc(-c3cc(Cl)ccc3Cl)o2)c1.Cl. The number of anilines is 1. The van der Waals surface area contributed by atoms with Crippen molar-refractivity contribution in [3.8, 4) is 11.3 Å². The standard InChI is InChI=1S/C18H15Cl2NO.ClH/c1-12-3-2-4-14(9-12)21-11-15-6-8-18(22-15)16-10-13(19)5-7-17(16)20;/h2-10,21H,11H2,1H3;1H. The van der Waals surface area contributed by atoms with E-state index in [4.69, 9.17) is 27.6 Å². The molecule has 1 aromatic heterocycles. The van der Waals surface area contributed by atoms with Crippen LogP contribution in [0.3, 0.4) is 0 Å². The lowest BCUT2D eigenvalue weighted by atomic mass is 10.2. The van der Waals surface area contributed by atoms with Gasteiger partial charge in [0.2, 0.25) is 0 Å². The predicted octanol–water partition coefficient (Wildman–Crippen LogP) is 6.60. The second-order valence-electron chi connectivity index (χ2n) is 5.11. The van der Waals surface area contributed by atoms with Crippen molar-refractivity contribution in [3.63, 3.8) is 0 Å². The minimum absolute atomic E-state index is 0. The highest BCUT2D eigenvalue weighted by Gasteiger charge is 2.09. The van der Waals surface area contributed by atoms with E-state index in [0.29, 0.717) is 22.4 Å². The highest BCUT2D eigenvalue weighted by molar-refractivity contribution is 6.35. The zero-order valence-electron chi connectivity index (χ0n) is 12.5. The number of rotatable bonds is 4. The maximum Gasteiger partial charge on any atom is 0.135 e. The highest BCUT2D eigenvalue weighted by Crippen LogP contribution is 2.31. The molecule has 0 unspecified atom stereocenters. The Kier molecular flexibility index (Phi) is 6.00. The molecular formula is C18H16Cl3NO. The van der Waals surface area contributed by atoms with Crippen LogP contribution in [0, 0.1) is 6.92 Å². The molecule has 0 atom stereocenters. The first-order valence-corrected chi connectivity index (χ1v) is 7.72. The Balaban J connectivity index is 0.00000192. The Bertz CT molecular complexity index is 798. The van der Waals surface area contributed by atoms with Gasteiger partial charge in [0.05, 0.1) is 11.6 Å². The molecule has 0 saturated carbocycles. The molecule has 1 heterocycles. The fraction of sp³-hybridized carbons (Fsp3) is 0.111. The lowest BCUT2D eigenvalue weighted by Crippen LogP contribution is -1.97. The van der Waals surface area contributed by atoms with E-state index in [1.807, 2.05) is 24.3 Å². The summed E-state index contributed by atoms with van der Waals surface area (Å²) in [6.45, 7) is 2.68. The summed E-state index contributed by atoms with van der Waals surface area (Å²) in [7, 11) is 0. The van der Waals surface area contributed by atoms with E-state index in [0.717, 1.165) is 17.0 Å². The molecule has 0 amide bonds. The van der Waals surface area contributed by atoms with Gasteiger partial charge in [-0.1, -0.05) is 35.3 Å². The number of hydrogen-bond acceptors (Lipinski definition) is 2. The van der Waals surface area contributed by atoms with Crippen molar-refractivity contribution in [2.24, 2.45) is 0 Å². The number of benzene rings is 2. The molecule has 23 heavy (non-hydrogen) atoms. The summed E-state index contributed by atoms with van der Waals surface area (Å²) in [4.78, 5) is 0. The van der Waals surface area contributed by atoms with Crippen LogP contribution in [0.5, 0.6) is 0 Å². The van der Waals surface area contributed by atoms with Crippen LogP contribution >= 0.6 is 35.6 Å². The Morgan fingerprint density at radius 1 is 1.00 bits per heavy atom. The van der Waals surface area contributed by atoms with Crippen molar-refractivity contribution >= 4 is 41.3 Å². The van der Waals surface area contributed by atoms with Crippen LogP contribution in [0.15, 0.2) is 59.0 Å². The summed E-state index contributed by atoms with van der Waals surface area (Å²) in [5.74, 6) is 1.56. The quantitative estimate of drug-likeness (QED) is 0.561. The zero-order valence-corrected chi connectivity index (χ0v) is 14.8. The van der Waals surface area contributed by atoms with Crippen LogP contribution in [0.4, 0.5) is 5.69 Å². The van der Waals surface area contributed by atoms with Gasteiger partial charge in [-0.3, -0.25) is 0 Å². The predicted molar refractivity (Wildman–Crippen MR) is 99.9 cm³/mol. The van der Waals surface area contributed by atoms with Gasteiger partial charge in [0.1, 0.15) is 11.5 Å². The van der Waals surface area contributed by atoms with Crippen LogP contribution in [0.25, 0.3) is 11.3 Å². The summed E-state index contributed by atoms with van der Waals surface area (Å²) >= 11 is 12.2. The number of furan rings is 1. The second kappa shape index (κ2) is 7.78. The third-order valence-electron chi connectivity index (χ3n) is 3.34. The van der Waals surface area contributed by atoms with E-state index < -0.39 is 0 Å². The van der Waals surface area contributed by atoms with Gasteiger partial charge in [0, 0.05) is 16.3 Å². The molecular weight excluding hydrogens is 353 g/mol. The van der Waals surface area contributed by atoms with Gasteiger partial charge in [0.15, 0.2) is 0 Å². The Hall–Kier alpha value is -1.61. The first kappa shape index (κ1) is 17.7. The summed E-state index contributed by atoms with van der Waals surface area (Å²) in [6.07, 6.45) is 0. The molecule has 2 nitrogen and oxygen atoms in total. The Morgan fingerprint density at radius 2 is 1.83 bits per heavy atom. The van der Waals surface area contributed by atoms with E-state index in [9.17, 15) is 0 Å². The van der Waals surface area contributed by atoms with Gasteiger partial charge in [-0.2, -0.15) is 0 Å². The number of hydrogen-bond donors (Lipinski definition) is 1. The third-order valence-corrected chi connectivity index (χ3v) is 3.91. The van der Waals surface area contributed by atoms with E-state index in [1.54, 1.807) is 18.2 Å². The molecule has 0 spiro atoms. The van der Waals surface area contributed by atoms with Crippen LogP contribution in [-0.4, -0.2) is 0 Å². The molecule has 0 aliphatic heterocycles. The number of halogens is 3. The first-order chi connectivity index (χ1) is 10.6. The average molecular weight is 369 g/mol. The monoisotopic (exact) mass is 367 g/mol. The first-order valence-electron chi connectivity index (χ1n) is 6.96. The molecule has 0 fully saturated rings. The Labute approximate surface area is 151 Å². The number of aryl methyl sites for hydroxylation is 1. The van der Waals surface area contributed by atoms with Crippen molar-refractivity contribution in [1.82, 2.24) is 0 Å². The van der Waals surface area contributed by atoms with Gasteiger partial charge < -0.3 is 9.73 Å². The molecule has 0 aliphatic carbocycles. The number of nitrogens with one attached hydrogen (secondary N) is 1. The van der Waals surface area contributed by atoms with Crippen LogP contribution in [-0.2, 0) is 6.54 Å². The fourth-order valence-electron chi connectivity index (χ4n) is 2.25. The molecule has 0 saturated heterocycles. The van der Waals surface area contributed by atoms with Gasteiger partial charge >= 0.3 is 0 Å². The normalized spacial score (nSPS) is 10.2. The molecule has 3 rings (SSSR count). The molecule has 0 aliphatic rings. The molecule has 120 valence electrons. The molecule has 3 aromatic rings. The van der Waals surface area contributed by atoms with Gasteiger partial charge in [-0.25, -0.2) is 0 Å². The largest absolute Gasteiger partial charge is 0.459 e. The summed E-state index contributed by atoms with van der Waals surface area (Å²) < 4.78 is 5.85. The van der Waals surface area contributed by atoms with Crippen molar-refractivity contribution < 1.29 is 4.42 Å². The van der Waals surface area contributed by atoms with E-state index in [2.05, 4.69) is 24.4 Å². The summed E-state index contributed by atoms with van der Waals surface area (Å²) in [5.41, 5.74) is 3.09. The van der Waals surface area contributed by atoms with E-state index >= 15 is 0 Å². The smallest absolute Gasteiger partial charge is 0.135 e. The lowest BCUT2D eigenvalue weighted by molar-refractivity contribution is 0.531. The molecule has 5 heteroatoms. The van der Waals surface area contributed by atoms with Gasteiger partial charge in [-0.05, 0) is 55.0 Å². The average Bonchev–Trinajstić information content (AvgIpc) is 2.96. The zero-order chi connectivity index (χ0) is 15.5. The lowest BCUT2D eigenvalue weighted by Gasteiger charge is -2.05. The van der Waals surface area contributed by atoms with Crippen molar-refractivity contribution in [2.75, 3.05) is 5.32 Å². The minimum Gasteiger partial charge on any atom is -0.459 e. The molecule has 2 aromatic carbocycles. The van der Waals surface area contributed by atoms with E-state index in [-0.39, 0.29) is 12.4 Å². The minimum atomic E-state index is 0. The van der Waals surface area contributed by atoms with Gasteiger partial charge in [0.25, 0.3) is 0 Å². The molecule has 0 bridgehead atoms. The van der Waals surface area contributed by atoms with Crippen molar-refractivity contribution in [2.45, 2.75) is 13.5 Å². The molecule has 1 N–H and O–H groups in total. The third kappa shape index (κ3) is 4.44. The second-order valence-corrected chi connectivity index (χ2v) is 5.96. The van der Waals surface area contributed by atoms with E-state index in [1.165, 1.54) is 5.56 Å². The topological polar surface area (TPSA) is 25.2 Å². The van der Waals surface area contributed by atoms with Crippen molar-refractivity contribution in [1.29, 1.82) is 0 Å². The van der Waals surface area contributed by atoms with Gasteiger partial charge in [-0.15, -0.1) is 12.4 Å². The summed E-state index contributed by atoms with van der Waals surface area (Å²) in [5, 5.41) is 4.60. The molecule has 0 radical (unpaired) electrons. The maximum absolute atomic E-state index is 6.20. The van der Waals surface area contributed by atoms with Crippen LogP contribution < -0.4 is 5.32 Å². The van der Waals surface area contributed by atoms with Crippen LogP contribution in [0.2, 0.25) is 10.0 Å². The highest BCUT2D eigenvalue weighted by atomic mass is 35.5.